The summed E-state index contributed by atoms with van der Waals surface area (Å²) >= 11 is 0. The van der Waals surface area contributed by atoms with Crippen LogP contribution in [0.1, 0.15) is 41.7 Å². The van der Waals surface area contributed by atoms with E-state index in [-0.39, 0.29) is 11.8 Å². The van der Waals surface area contributed by atoms with Gasteiger partial charge in [0, 0.05) is 31.2 Å². The van der Waals surface area contributed by atoms with Gasteiger partial charge >= 0.3 is 0 Å². The molecule has 1 heterocycles. The molecule has 116 valence electrons. The number of carbonyl (C=O) groups is 2. The van der Waals surface area contributed by atoms with Crippen molar-refractivity contribution in [2.45, 2.75) is 45.2 Å². The maximum atomic E-state index is 12.0. The van der Waals surface area contributed by atoms with Gasteiger partial charge in [-0.2, -0.15) is 5.10 Å². The van der Waals surface area contributed by atoms with Crippen molar-refractivity contribution in [3.05, 3.63) is 17.5 Å². The van der Waals surface area contributed by atoms with Crippen LogP contribution in [0.2, 0.25) is 0 Å². The van der Waals surface area contributed by atoms with Gasteiger partial charge in [0.15, 0.2) is 0 Å². The van der Waals surface area contributed by atoms with E-state index in [2.05, 4.69) is 15.7 Å². The van der Waals surface area contributed by atoms with Crippen molar-refractivity contribution in [1.82, 2.24) is 20.4 Å². The number of rotatable bonds is 8. The van der Waals surface area contributed by atoms with E-state index < -0.39 is 0 Å². The van der Waals surface area contributed by atoms with Crippen molar-refractivity contribution in [3.8, 4) is 0 Å². The van der Waals surface area contributed by atoms with Gasteiger partial charge in [0.25, 0.3) is 5.91 Å². The van der Waals surface area contributed by atoms with Gasteiger partial charge in [0.2, 0.25) is 5.91 Å². The van der Waals surface area contributed by atoms with E-state index in [4.69, 9.17) is 5.73 Å². The van der Waals surface area contributed by atoms with Crippen LogP contribution in [-0.2, 0) is 11.3 Å². The van der Waals surface area contributed by atoms with Gasteiger partial charge in [-0.3, -0.25) is 14.3 Å². The lowest BCUT2D eigenvalue weighted by molar-refractivity contribution is -0.121. The topological polar surface area (TPSA) is 102 Å². The minimum atomic E-state index is -0.189. The lowest BCUT2D eigenvalue weighted by Gasteiger charge is -2.06. The van der Waals surface area contributed by atoms with E-state index in [1.165, 1.54) is 0 Å². The zero-order chi connectivity index (χ0) is 15.2. The lowest BCUT2D eigenvalue weighted by Crippen LogP contribution is -2.31. The molecule has 2 rings (SSSR count). The molecule has 1 aromatic heterocycles. The number of hydrogen-bond acceptors (Lipinski definition) is 4. The van der Waals surface area contributed by atoms with Gasteiger partial charge in [0.1, 0.15) is 0 Å². The predicted octanol–water partition coefficient (Wildman–Crippen LogP) is -0.0612. The molecule has 0 saturated heterocycles. The third kappa shape index (κ3) is 4.56. The zero-order valence-electron chi connectivity index (χ0n) is 12.4. The van der Waals surface area contributed by atoms with Gasteiger partial charge in [-0.1, -0.05) is 0 Å². The molecular formula is C14H23N5O2. The normalized spacial score (nSPS) is 14.0. The van der Waals surface area contributed by atoms with Crippen LogP contribution in [0.4, 0.5) is 0 Å². The van der Waals surface area contributed by atoms with Crippen molar-refractivity contribution >= 4 is 11.8 Å². The second kappa shape index (κ2) is 7.21. The molecule has 0 atom stereocenters. The summed E-state index contributed by atoms with van der Waals surface area (Å²) in [6.07, 6.45) is 4.83. The largest absolute Gasteiger partial charge is 0.353 e. The highest BCUT2D eigenvalue weighted by Crippen LogP contribution is 2.18. The standard InChI is InChI=1S/C14H23N5O2/c1-10-12(9-17-19(10)8-2-6-15)14(21)16-7-5-13(20)18-11-3-4-11/h9,11H,2-8,15H2,1H3,(H,16,21)(H,18,20). The summed E-state index contributed by atoms with van der Waals surface area (Å²) in [7, 11) is 0. The second-order valence-corrected chi connectivity index (χ2v) is 5.36. The summed E-state index contributed by atoms with van der Waals surface area (Å²) in [5.74, 6) is -0.195. The van der Waals surface area contributed by atoms with Crippen LogP contribution in [0.5, 0.6) is 0 Å². The quantitative estimate of drug-likeness (QED) is 0.625. The molecule has 0 radical (unpaired) electrons. The Morgan fingerprint density at radius 3 is 2.90 bits per heavy atom. The molecule has 1 saturated carbocycles. The molecule has 0 unspecified atom stereocenters. The molecule has 4 N–H and O–H groups in total. The molecule has 7 heteroatoms. The molecular weight excluding hydrogens is 270 g/mol. The summed E-state index contributed by atoms with van der Waals surface area (Å²) in [4.78, 5) is 23.6. The molecule has 0 spiro atoms. The van der Waals surface area contributed by atoms with Crippen molar-refractivity contribution < 1.29 is 9.59 Å². The minimum absolute atomic E-state index is 0.00633. The maximum absolute atomic E-state index is 12.0. The van der Waals surface area contributed by atoms with E-state index in [9.17, 15) is 9.59 Å². The van der Waals surface area contributed by atoms with Gasteiger partial charge < -0.3 is 16.4 Å². The number of carbonyl (C=O) groups excluding carboxylic acids is 2. The van der Waals surface area contributed by atoms with Crippen molar-refractivity contribution in [2.24, 2.45) is 5.73 Å². The third-order valence-electron chi connectivity index (χ3n) is 3.50. The summed E-state index contributed by atoms with van der Waals surface area (Å²) in [6.45, 7) is 3.50. The molecule has 7 nitrogen and oxygen atoms in total. The summed E-state index contributed by atoms with van der Waals surface area (Å²) in [5.41, 5.74) is 6.84. The van der Waals surface area contributed by atoms with Crippen molar-refractivity contribution in [3.63, 3.8) is 0 Å². The minimum Gasteiger partial charge on any atom is -0.353 e. The Morgan fingerprint density at radius 2 is 2.24 bits per heavy atom. The first-order valence-corrected chi connectivity index (χ1v) is 7.42. The number of nitrogens with two attached hydrogens (primary N) is 1. The van der Waals surface area contributed by atoms with Gasteiger partial charge in [-0.15, -0.1) is 0 Å². The maximum Gasteiger partial charge on any atom is 0.254 e. The summed E-state index contributed by atoms with van der Waals surface area (Å²) in [5, 5.41) is 9.83. The van der Waals surface area contributed by atoms with E-state index in [0.29, 0.717) is 37.7 Å². The third-order valence-corrected chi connectivity index (χ3v) is 3.50. The van der Waals surface area contributed by atoms with Gasteiger partial charge in [-0.25, -0.2) is 0 Å². The zero-order valence-corrected chi connectivity index (χ0v) is 12.4. The van der Waals surface area contributed by atoms with E-state index in [1.54, 1.807) is 10.9 Å². The summed E-state index contributed by atoms with van der Waals surface area (Å²) < 4.78 is 1.78. The monoisotopic (exact) mass is 293 g/mol. The summed E-state index contributed by atoms with van der Waals surface area (Å²) in [6, 6.07) is 0.358. The Kier molecular flexibility index (Phi) is 5.32. The fourth-order valence-electron chi connectivity index (χ4n) is 2.05. The molecule has 2 amide bonds. The first kappa shape index (κ1) is 15.5. The lowest BCUT2D eigenvalue weighted by atomic mass is 10.2. The number of amides is 2. The Morgan fingerprint density at radius 1 is 1.48 bits per heavy atom. The van der Waals surface area contributed by atoms with Crippen LogP contribution in [-0.4, -0.2) is 40.7 Å². The molecule has 1 aliphatic carbocycles. The molecule has 1 aromatic rings. The predicted molar refractivity (Wildman–Crippen MR) is 78.8 cm³/mol. The van der Waals surface area contributed by atoms with E-state index >= 15 is 0 Å². The first-order valence-electron chi connectivity index (χ1n) is 7.42. The van der Waals surface area contributed by atoms with Gasteiger partial charge in [0.05, 0.1) is 11.8 Å². The highest BCUT2D eigenvalue weighted by Gasteiger charge is 2.23. The first-order chi connectivity index (χ1) is 10.1. The average Bonchev–Trinajstić information content (AvgIpc) is 3.18. The van der Waals surface area contributed by atoms with Crippen molar-refractivity contribution in [1.29, 1.82) is 0 Å². The molecule has 1 aliphatic rings. The fraction of sp³-hybridized carbons (Fsp3) is 0.643. The van der Waals surface area contributed by atoms with E-state index in [0.717, 1.165) is 25.0 Å². The van der Waals surface area contributed by atoms with E-state index in [1.807, 2.05) is 6.92 Å². The Labute approximate surface area is 124 Å². The average molecular weight is 293 g/mol. The number of nitrogens with one attached hydrogen (secondary N) is 2. The van der Waals surface area contributed by atoms with Crippen LogP contribution in [0.25, 0.3) is 0 Å². The fourth-order valence-corrected chi connectivity index (χ4v) is 2.05. The molecule has 1 fully saturated rings. The molecule has 0 bridgehead atoms. The van der Waals surface area contributed by atoms with Crippen LogP contribution < -0.4 is 16.4 Å². The Hall–Kier alpha value is -1.89. The Bertz CT molecular complexity index is 507. The SMILES string of the molecule is Cc1c(C(=O)NCCC(=O)NC2CC2)cnn1CCCN. The number of hydrogen-bond donors (Lipinski definition) is 3. The number of nitrogens with zero attached hydrogens (tertiary/aromatic N) is 2. The number of aryl methyl sites for hydroxylation is 1. The van der Waals surface area contributed by atoms with Gasteiger partial charge in [-0.05, 0) is 32.7 Å². The van der Waals surface area contributed by atoms with Crippen LogP contribution >= 0.6 is 0 Å². The molecule has 0 aromatic carbocycles. The number of aromatic nitrogens is 2. The highest BCUT2D eigenvalue weighted by atomic mass is 16.2. The highest BCUT2D eigenvalue weighted by molar-refractivity contribution is 5.95. The van der Waals surface area contributed by atoms with Crippen LogP contribution in [0.3, 0.4) is 0 Å². The van der Waals surface area contributed by atoms with Crippen LogP contribution in [0.15, 0.2) is 6.20 Å². The van der Waals surface area contributed by atoms with Crippen LogP contribution in [0, 0.1) is 6.92 Å². The van der Waals surface area contributed by atoms with Crippen molar-refractivity contribution in [2.75, 3.05) is 13.1 Å². The molecule has 0 aliphatic heterocycles. The Balaban J connectivity index is 1.77. The second-order valence-electron chi connectivity index (χ2n) is 5.36. The molecule has 21 heavy (non-hydrogen) atoms. The smallest absolute Gasteiger partial charge is 0.254 e.